The van der Waals surface area contributed by atoms with E-state index in [2.05, 4.69) is 22.6 Å². The Hall–Kier alpha value is -1.42. The van der Waals surface area contributed by atoms with Crippen molar-refractivity contribution < 1.29 is 8.42 Å². The lowest BCUT2D eigenvalue weighted by Crippen LogP contribution is -2.11. The summed E-state index contributed by atoms with van der Waals surface area (Å²) in [5, 5.41) is 5.43. The van der Waals surface area contributed by atoms with E-state index in [1.165, 1.54) is 30.5 Å². The molecule has 0 aliphatic heterocycles. The van der Waals surface area contributed by atoms with Crippen molar-refractivity contribution in [2.24, 2.45) is 10.1 Å². The highest BCUT2D eigenvalue weighted by atomic mass is 32.2. The third-order valence-electron chi connectivity index (χ3n) is 2.15. The van der Waals surface area contributed by atoms with Gasteiger partial charge in [0.25, 0.3) is 0 Å². The molecule has 1 aromatic carbocycles. The summed E-state index contributed by atoms with van der Waals surface area (Å²) in [6.07, 6.45) is 1.48. The minimum atomic E-state index is -3.70. The van der Waals surface area contributed by atoms with Gasteiger partial charge in [-0.15, -0.1) is 12.6 Å². The molecule has 0 spiro atoms. The molecule has 9 heteroatoms. The number of aromatic amines is 1. The van der Waals surface area contributed by atoms with E-state index in [-0.39, 0.29) is 9.77 Å². The van der Waals surface area contributed by atoms with Gasteiger partial charge in [0.15, 0.2) is 0 Å². The van der Waals surface area contributed by atoms with Crippen molar-refractivity contribution in [1.82, 2.24) is 4.98 Å². The molecule has 19 heavy (non-hydrogen) atoms. The molecular formula is C10H9N3O3S3. The molecule has 0 amide bonds. The van der Waals surface area contributed by atoms with Crippen molar-refractivity contribution in [3.63, 3.8) is 0 Å². The van der Waals surface area contributed by atoms with Gasteiger partial charge in [-0.1, -0.05) is 11.3 Å². The molecule has 0 aliphatic carbocycles. The second-order valence-corrected chi connectivity index (χ2v) is 6.55. The Balaban J connectivity index is 2.25. The molecule has 0 bridgehead atoms. The van der Waals surface area contributed by atoms with Gasteiger partial charge in [0.2, 0.25) is 10.0 Å². The highest BCUT2D eigenvalue weighted by Gasteiger charge is 2.06. The Labute approximate surface area is 118 Å². The molecule has 1 heterocycles. The monoisotopic (exact) mass is 315 g/mol. The number of benzene rings is 1. The van der Waals surface area contributed by atoms with Crippen molar-refractivity contribution >= 4 is 45.9 Å². The Kier molecular flexibility index (Phi) is 3.90. The van der Waals surface area contributed by atoms with Crippen LogP contribution in [0.4, 0.5) is 5.69 Å². The van der Waals surface area contributed by atoms with Crippen LogP contribution in [0.3, 0.4) is 0 Å². The number of H-pyrrole nitrogens is 1. The van der Waals surface area contributed by atoms with Crippen LogP contribution >= 0.6 is 24.0 Å². The molecule has 0 saturated carbocycles. The fourth-order valence-corrected chi connectivity index (χ4v) is 2.77. The molecule has 100 valence electrons. The number of thiazole rings is 1. The van der Waals surface area contributed by atoms with Crippen molar-refractivity contribution in [3.05, 3.63) is 38.8 Å². The number of rotatable bonds is 3. The van der Waals surface area contributed by atoms with E-state index in [1.54, 1.807) is 0 Å². The second kappa shape index (κ2) is 5.29. The SMILES string of the molecule is NS(=O)(=O)c1ccc(N=Cc2sc(=O)[nH]c2S)cc1. The molecular weight excluding hydrogens is 306 g/mol. The Morgan fingerprint density at radius 3 is 2.42 bits per heavy atom. The molecule has 0 aliphatic rings. The molecule has 1 aromatic heterocycles. The minimum absolute atomic E-state index is 0.0210. The fourth-order valence-electron chi connectivity index (χ4n) is 1.27. The van der Waals surface area contributed by atoms with Crippen molar-refractivity contribution in [2.75, 3.05) is 0 Å². The normalized spacial score (nSPS) is 12.1. The van der Waals surface area contributed by atoms with Gasteiger partial charge in [-0.3, -0.25) is 9.79 Å². The molecule has 0 saturated heterocycles. The van der Waals surface area contributed by atoms with E-state index in [1.807, 2.05) is 0 Å². The first kappa shape index (κ1) is 14.0. The minimum Gasteiger partial charge on any atom is -0.307 e. The number of nitrogens with two attached hydrogens (primary N) is 1. The number of thiol groups is 1. The van der Waals surface area contributed by atoms with Gasteiger partial charge in [0, 0.05) is 6.21 Å². The topological polar surface area (TPSA) is 105 Å². The van der Waals surface area contributed by atoms with Crippen LogP contribution in [-0.4, -0.2) is 19.6 Å². The molecule has 0 atom stereocenters. The first-order valence-corrected chi connectivity index (χ1v) is 7.76. The Morgan fingerprint density at radius 1 is 1.32 bits per heavy atom. The molecule has 0 fully saturated rings. The molecule has 0 unspecified atom stereocenters. The summed E-state index contributed by atoms with van der Waals surface area (Å²) < 4.78 is 22.1. The zero-order chi connectivity index (χ0) is 14.0. The summed E-state index contributed by atoms with van der Waals surface area (Å²) in [5.41, 5.74) is 0.543. The van der Waals surface area contributed by atoms with Crippen molar-refractivity contribution in [3.8, 4) is 0 Å². The number of hydrogen-bond donors (Lipinski definition) is 3. The average molecular weight is 315 g/mol. The lowest BCUT2D eigenvalue weighted by atomic mass is 10.3. The zero-order valence-electron chi connectivity index (χ0n) is 9.40. The van der Waals surface area contributed by atoms with E-state index in [9.17, 15) is 13.2 Å². The summed E-state index contributed by atoms with van der Waals surface area (Å²) in [7, 11) is -3.70. The van der Waals surface area contributed by atoms with Crippen LogP contribution in [0, 0.1) is 0 Å². The molecule has 0 radical (unpaired) electrons. The standard InChI is InChI=1S/C10H9N3O3S3/c11-19(15,16)7-3-1-6(2-4-7)12-5-8-9(17)13-10(14)18-8/h1-5,17H,(H,13,14)(H2,11,15,16). The van der Waals surface area contributed by atoms with Gasteiger partial charge in [0.05, 0.1) is 20.5 Å². The van der Waals surface area contributed by atoms with Crippen LogP contribution < -0.4 is 10.0 Å². The third-order valence-corrected chi connectivity index (χ3v) is 4.40. The van der Waals surface area contributed by atoms with E-state index in [0.29, 0.717) is 15.6 Å². The number of hydrogen-bond acceptors (Lipinski definition) is 6. The molecule has 6 nitrogen and oxygen atoms in total. The zero-order valence-corrected chi connectivity index (χ0v) is 11.9. The highest BCUT2D eigenvalue weighted by Crippen LogP contribution is 2.17. The first-order valence-electron chi connectivity index (χ1n) is 4.95. The summed E-state index contributed by atoms with van der Waals surface area (Å²) in [5.74, 6) is 0. The number of sulfonamides is 1. The van der Waals surface area contributed by atoms with Crippen LogP contribution in [-0.2, 0) is 10.0 Å². The van der Waals surface area contributed by atoms with E-state index in [0.717, 1.165) is 11.3 Å². The van der Waals surface area contributed by atoms with E-state index in [4.69, 9.17) is 5.14 Å². The number of nitrogens with one attached hydrogen (secondary N) is 1. The highest BCUT2D eigenvalue weighted by molar-refractivity contribution is 7.89. The van der Waals surface area contributed by atoms with Crippen LogP contribution in [0.25, 0.3) is 0 Å². The number of aromatic nitrogens is 1. The lowest BCUT2D eigenvalue weighted by Gasteiger charge is -1.98. The number of aliphatic imine (C=N–C) groups is 1. The maximum Gasteiger partial charge on any atom is 0.305 e. The maximum atomic E-state index is 11.1. The predicted molar refractivity (Wildman–Crippen MR) is 77.3 cm³/mol. The van der Waals surface area contributed by atoms with Gasteiger partial charge in [-0.05, 0) is 24.3 Å². The van der Waals surface area contributed by atoms with Crippen molar-refractivity contribution in [1.29, 1.82) is 0 Å². The van der Waals surface area contributed by atoms with Crippen LogP contribution in [0.1, 0.15) is 4.88 Å². The Morgan fingerprint density at radius 2 is 1.95 bits per heavy atom. The van der Waals surface area contributed by atoms with Gasteiger partial charge < -0.3 is 4.98 Å². The number of primary sulfonamides is 1. The summed E-state index contributed by atoms with van der Waals surface area (Å²) in [6.45, 7) is 0. The summed E-state index contributed by atoms with van der Waals surface area (Å²) in [6, 6.07) is 5.76. The van der Waals surface area contributed by atoms with E-state index >= 15 is 0 Å². The van der Waals surface area contributed by atoms with Crippen LogP contribution in [0.15, 0.2) is 44.0 Å². The second-order valence-electron chi connectivity index (χ2n) is 3.52. The fraction of sp³-hybridized carbons (Fsp3) is 0. The third kappa shape index (κ3) is 3.53. The van der Waals surface area contributed by atoms with Gasteiger partial charge in [-0.25, -0.2) is 13.6 Å². The molecule has 2 rings (SSSR count). The summed E-state index contributed by atoms with van der Waals surface area (Å²) in [4.78, 5) is 18.1. The van der Waals surface area contributed by atoms with Crippen LogP contribution in [0.5, 0.6) is 0 Å². The molecule has 3 N–H and O–H groups in total. The Bertz CT molecular complexity index is 772. The van der Waals surface area contributed by atoms with Gasteiger partial charge in [-0.2, -0.15) is 0 Å². The maximum absolute atomic E-state index is 11.1. The van der Waals surface area contributed by atoms with Gasteiger partial charge in [0.1, 0.15) is 0 Å². The van der Waals surface area contributed by atoms with E-state index < -0.39 is 10.0 Å². The number of nitrogens with zero attached hydrogens (tertiary/aromatic N) is 1. The average Bonchev–Trinajstić information content (AvgIpc) is 2.65. The van der Waals surface area contributed by atoms with Crippen molar-refractivity contribution in [2.45, 2.75) is 9.92 Å². The predicted octanol–water partition coefficient (Wildman–Crippen LogP) is 1.12. The smallest absolute Gasteiger partial charge is 0.305 e. The first-order chi connectivity index (χ1) is 8.86. The molecule has 2 aromatic rings. The lowest BCUT2D eigenvalue weighted by molar-refractivity contribution is 0.598. The van der Waals surface area contributed by atoms with Crippen LogP contribution in [0.2, 0.25) is 0 Å². The quantitative estimate of drug-likeness (QED) is 0.584. The largest absolute Gasteiger partial charge is 0.307 e. The summed E-state index contributed by atoms with van der Waals surface area (Å²) >= 11 is 5.08. The van der Waals surface area contributed by atoms with Gasteiger partial charge >= 0.3 is 4.87 Å².